The van der Waals surface area contributed by atoms with E-state index >= 15 is 0 Å². The van der Waals surface area contributed by atoms with Crippen LogP contribution >= 0.6 is 0 Å². The van der Waals surface area contributed by atoms with Crippen molar-refractivity contribution in [3.8, 4) is 0 Å². The van der Waals surface area contributed by atoms with Gasteiger partial charge in [-0.3, -0.25) is 4.57 Å². The Balaban J connectivity index is 2.71. The minimum absolute atomic E-state index is 0.473. The first-order valence-electron chi connectivity index (χ1n) is 5.92. The lowest BCUT2D eigenvalue weighted by Crippen LogP contribution is -2.61. The summed E-state index contributed by atoms with van der Waals surface area (Å²) in [6, 6.07) is 0. The van der Waals surface area contributed by atoms with E-state index in [-0.39, 0.29) is 0 Å². The van der Waals surface area contributed by atoms with Crippen LogP contribution in [0.5, 0.6) is 0 Å². The molecule has 0 spiro atoms. The third-order valence-electron chi connectivity index (χ3n) is 3.54. The van der Waals surface area contributed by atoms with Gasteiger partial charge in [-0.2, -0.15) is 0 Å². The van der Waals surface area contributed by atoms with Crippen LogP contribution in [0.4, 0.5) is 0 Å². The van der Waals surface area contributed by atoms with Gasteiger partial charge in [-0.1, -0.05) is 20.8 Å². The highest BCUT2D eigenvalue weighted by molar-refractivity contribution is 6.65. The Morgan fingerprint density at radius 3 is 1.93 bits per heavy atom. The van der Waals surface area contributed by atoms with Gasteiger partial charge in [0.2, 0.25) is 0 Å². The van der Waals surface area contributed by atoms with Gasteiger partial charge in [-0.25, -0.2) is 0 Å². The molecular formula is C11H25NO2Si. The highest BCUT2D eigenvalue weighted by Gasteiger charge is 2.47. The molecule has 1 aliphatic heterocycles. The third-order valence-corrected chi connectivity index (χ3v) is 7.50. The highest BCUT2D eigenvalue weighted by atomic mass is 28.4. The second kappa shape index (κ2) is 5.43. The van der Waals surface area contributed by atoms with E-state index in [1.165, 1.54) is 12.8 Å². The number of hydrogen-bond acceptors (Lipinski definition) is 3. The Kier molecular flexibility index (Phi) is 4.77. The normalized spacial score (nSPS) is 21.2. The molecule has 3 nitrogen and oxygen atoms in total. The Hall–Kier alpha value is 0.0969. The second-order valence-corrected chi connectivity index (χ2v) is 8.73. The SMILES string of the molecule is CO[Si](OC)(C(C)C)N1CCC(C)CC1. The zero-order valence-corrected chi connectivity index (χ0v) is 11.7. The monoisotopic (exact) mass is 231 g/mol. The van der Waals surface area contributed by atoms with Gasteiger partial charge in [0.05, 0.1) is 0 Å². The molecule has 1 rings (SSSR count). The van der Waals surface area contributed by atoms with Crippen LogP contribution in [0.3, 0.4) is 0 Å². The summed E-state index contributed by atoms with van der Waals surface area (Å²) in [5.41, 5.74) is 0.473. The van der Waals surface area contributed by atoms with Gasteiger partial charge in [0.15, 0.2) is 0 Å². The minimum Gasteiger partial charge on any atom is -0.386 e. The van der Waals surface area contributed by atoms with E-state index in [0.717, 1.165) is 19.0 Å². The molecule has 1 fully saturated rings. The quantitative estimate of drug-likeness (QED) is 0.693. The first kappa shape index (κ1) is 13.2. The van der Waals surface area contributed by atoms with Gasteiger partial charge < -0.3 is 8.85 Å². The predicted molar refractivity (Wildman–Crippen MR) is 64.8 cm³/mol. The molecule has 0 radical (unpaired) electrons. The Morgan fingerprint density at radius 1 is 1.13 bits per heavy atom. The molecule has 1 saturated heterocycles. The van der Waals surface area contributed by atoms with Crippen molar-refractivity contribution in [2.75, 3.05) is 27.3 Å². The average molecular weight is 231 g/mol. The fourth-order valence-electron chi connectivity index (χ4n) is 2.50. The van der Waals surface area contributed by atoms with Crippen molar-refractivity contribution < 1.29 is 8.85 Å². The predicted octanol–water partition coefficient (Wildman–Crippen LogP) is 2.36. The van der Waals surface area contributed by atoms with Gasteiger partial charge in [-0.15, -0.1) is 0 Å². The van der Waals surface area contributed by atoms with Crippen molar-refractivity contribution in [3.05, 3.63) is 0 Å². The molecule has 0 aliphatic carbocycles. The van der Waals surface area contributed by atoms with Gasteiger partial charge in [0.1, 0.15) is 0 Å². The molecule has 1 aliphatic rings. The molecule has 0 aromatic rings. The first-order valence-corrected chi connectivity index (χ1v) is 7.76. The summed E-state index contributed by atoms with van der Waals surface area (Å²) in [5, 5.41) is 0. The van der Waals surface area contributed by atoms with E-state index in [2.05, 4.69) is 25.3 Å². The maximum Gasteiger partial charge on any atom is 0.429 e. The Morgan fingerprint density at radius 2 is 1.60 bits per heavy atom. The molecule has 4 heteroatoms. The van der Waals surface area contributed by atoms with Gasteiger partial charge >= 0.3 is 8.72 Å². The standard InChI is InChI=1S/C11H25NO2Si/c1-10(2)15(13-4,14-5)12-8-6-11(3)7-9-12/h10-11H,6-9H2,1-5H3. The van der Waals surface area contributed by atoms with Gasteiger partial charge in [0, 0.05) is 19.8 Å². The zero-order chi connectivity index (χ0) is 11.5. The van der Waals surface area contributed by atoms with Crippen LogP contribution in [0.15, 0.2) is 0 Å². The summed E-state index contributed by atoms with van der Waals surface area (Å²) in [6.45, 7) is 9.00. The van der Waals surface area contributed by atoms with E-state index < -0.39 is 8.72 Å². The van der Waals surface area contributed by atoms with E-state index in [4.69, 9.17) is 8.85 Å². The van der Waals surface area contributed by atoms with Crippen molar-refractivity contribution in [2.24, 2.45) is 5.92 Å². The van der Waals surface area contributed by atoms with Crippen molar-refractivity contribution in [1.29, 1.82) is 0 Å². The van der Waals surface area contributed by atoms with Crippen LogP contribution in [0.25, 0.3) is 0 Å². The van der Waals surface area contributed by atoms with Crippen LogP contribution in [-0.4, -0.2) is 40.6 Å². The van der Waals surface area contributed by atoms with Crippen LogP contribution in [0.2, 0.25) is 5.54 Å². The van der Waals surface area contributed by atoms with Crippen molar-refractivity contribution >= 4 is 8.72 Å². The van der Waals surface area contributed by atoms with Crippen LogP contribution < -0.4 is 0 Å². The maximum atomic E-state index is 5.77. The van der Waals surface area contributed by atoms with Crippen molar-refractivity contribution in [2.45, 2.75) is 39.2 Å². The van der Waals surface area contributed by atoms with Crippen molar-refractivity contribution in [3.63, 3.8) is 0 Å². The number of hydrogen-bond donors (Lipinski definition) is 0. The molecule has 0 unspecified atom stereocenters. The summed E-state index contributed by atoms with van der Waals surface area (Å²) in [5.74, 6) is 0.855. The van der Waals surface area contributed by atoms with Crippen molar-refractivity contribution in [1.82, 2.24) is 4.57 Å². The van der Waals surface area contributed by atoms with Crippen LogP contribution in [0.1, 0.15) is 33.6 Å². The summed E-state index contributed by atoms with van der Waals surface area (Å²) >= 11 is 0. The Labute approximate surface area is 95.1 Å². The molecule has 0 aromatic carbocycles. The Bertz CT molecular complexity index is 187. The largest absolute Gasteiger partial charge is 0.429 e. The third kappa shape index (κ3) is 2.61. The molecule has 0 aromatic heterocycles. The van der Waals surface area contributed by atoms with E-state index in [1.54, 1.807) is 14.2 Å². The van der Waals surface area contributed by atoms with Crippen LogP contribution in [-0.2, 0) is 8.85 Å². The molecule has 0 amide bonds. The molecule has 0 N–H and O–H groups in total. The fraction of sp³-hybridized carbons (Fsp3) is 1.00. The topological polar surface area (TPSA) is 21.7 Å². The van der Waals surface area contributed by atoms with E-state index in [1.807, 2.05) is 0 Å². The van der Waals surface area contributed by atoms with Gasteiger partial charge in [0.25, 0.3) is 0 Å². The maximum absolute atomic E-state index is 5.77. The number of rotatable bonds is 4. The molecule has 0 saturated carbocycles. The molecule has 15 heavy (non-hydrogen) atoms. The van der Waals surface area contributed by atoms with E-state index in [0.29, 0.717) is 5.54 Å². The first-order chi connectivity index (χ1) is 7.06. The fourth-order valence-corrected chi connectivity index (χ4v) is 5.74. The van der Waals surface area contributed by atoms with Gasteiger partial charge in [-0.05, 0) is 31.8 Å². The summed E-state index contributed by atoms with van der Waals surface area (Å²) in [6.07, 6.45) is 2.54. The summed E-state index contributed by atoms with van der Waals surface area (Å²) in [4.78, 5) is 0. The average Bonchev–Trinajstić information content (AvgIpc) is 2.22. The molecular weight excluding hydrogens is 206 g/mol. The molecule has 1 heterocycles. The smallest absolute Gasteiger partial charge is 0.386 e. The second-order valence-electron chi connectivity index (χ2n) is 4.86. The van der Waals surface area contributed by atoms with Crippen LogP contribution in [0, 0.1) is 5.92 Å². The lowest BCUT2D eigenvalue weighted by atomic mass is 10.0. The summed E-state index contributed by atoms with van der Waals surface area (Å²) in [7, 11) is 1.48. The molecule has 0 bridgehead atoms. The minimum atomic E-state index is -2.12. The zero-order valence-electron chi connectivity index (χ0n) is 10.7. The molecule has 0 atom stereocenters. The lowest BCUT2D eigenvalue weighted by Gasteiger charge is -2.43. The highest BCUT2D eigenvalue weighted by Crippen LogP contribution is 2.30. The van der Waals surface area contributed by atoms with E-state index in [9.17, 15) is 0 Å². The lowest BCUT2D eigenvalue weighted by molar-refractivity contribution is 0.130. The summed E-state index contributed by atoms with van der Waals surface area (Å²) < 4.78 is 14.0. The number of nitrogens with zero attached hydrogens (tertiary/aromatic N) is 1. The molecule has 90 valence electrons. The number of piperidine rings is 1.